The minimum atomic E-state index is -4.65. The van der Waals surface area contributed by atoms with E-state index in [1.807, 2.05) is 0 Å². The first-order valence-corrected chi connectivity index (χ1v) is 6.39. The zero-order chi connectivity index (χ0) is 10.7. The molecular weight excluding hydrogens is 216 g/mol. The van der Waals surface area contributed by atoms with Crippen molar-refractivity contribution in [2.45, 2.75) is 4.58 Å². The summed E-state index contributed by atoms with van der Waals surface area (Å²) >= 11 is 0. The molecule has 0 aliphatic rings. The Labute approximate surface area is 77.4 Å². The van der Waals surface area contributed by atoms with Gasteiger partial charge >= 0.3 is 0 Å². The van der Waals surface area contributed by atoms with Crippen LogP contribution in [-0.2, 0) is 20.0 Å². The summed E-state index contributed by atoms with van der Waals surface area (Å²) < 4.78 is 49.9. The molecule has 0 saturated carbocycles. The second-order valence-electron chi connectivity index (χ2n) is 2.24. The average molecular weight is 226 g/mol. The van der Waals surface area contributed by atoms with Gasteiger partial charge in [0.25, 0.3) is 10.1 Å². The Morgan fingerprint density at radius 3 is 1.92 bits per heavy atom. The highest BCUT2D eigenvalue weighted by Gasteiger charge is 2.32. The van der Waals surface area contributed by atoms with Crippen LogP contribution in [0.5, 0.6) is 0 Å². The second-order valence-corrected chi connectivity index (χ2v) is 6.24. The first-order chi connectivity index (χ1) is 5.75. The van der Waals surface area contributed by atoms with Crippen molar-refractivity contribution in [3.63, 3.8) is 0 Å². The smallest absolute Gasteiger partial charge is 0.284 e. The molecule has 13 heavy (non-hydrogen) atoms. The summed E-state index contributed by atoms with van der Waals surface area (Å²) in [6, 6.07) is 0. The maximum atomic E-state index is 11.1. The molecule has 0 radical (unpaired) electrons. The van der Waals surface area contributed by atoms with Crippen molar-refractivity contribution in [2.24, 2.45) is 0 Å². The molecule has 0 aromatic heterocycles. The van der Waals surface area contributed by atoms with Gasteiger partial charge in [-0.1, -0.05) is 12.2 Å². The molecule has 7 heteroatoms. The van der Waals surface area contributed by atoms with Crippen molar-refractivity contribution in [3.8, 4) is 0 Å². The van der Waals surface area contributed by atoms with E-state index in [2.05, 4.69) is 13.2 Å². The van der Waals surface area contributed by atoms with Gasteiger partial charge in [0, 0.05) is 0 Å². The molecule has 0 aromatic rings. The highest BCUT2D eigenvalue weighted by atomic mass is 32.3. The van der Waals surface area contributed by atoms with Gasteiger partial charge in [-0.05, 0) is 0 Å². The van der Waals surface area contributed by atoms with E-state index in [0.29, 0.717) is 6.08 Å². The van der Waals surface area contributed by atoms with Crippen LogP contribution in [0.2, 0.25) is 0 Å². The van der Waals surface area contributed by atoms with Gasteiger partial charge in [0.05, 0.1) is 5.75 Å². The van der Waals surface area contributed by atoms with Gasteiger partial charge in [-0.15, -0.1) is 13.2 Å². The lowest BCUT2D eigenvalue weighted by Crippen LogP contribution is -2.29. The molecule has 0 aromatic carbocycles. The van der Waals surface area contributed by atoms with E-state index in [0.717, 1.165) is 6.08 Å². The van der Waals surface area contributed by atoms with Crippen LogP contribution in [0, 0.1) is 0 Å². The number of sulfone groups is 1. The molecule has 5 nitrogen and oxygen atoms in total. The SMILES string of the molecule is C=CCS(=O)(=O)C(C=C)S(=O)(=O)O. The summed E-state index contributed by atoms with van der Waals surface area (Å²) in [6.45, 7) is 6.18. The zero-order valence-electron chi connectivity index (χ0n) is 6.75. The minimum Gasteiger partial charge on any atom is -0.284 e. The van der Waals surface area contributed by atoms with Crippen molar-refractivity contribution in [1.82, 2.24) is 0 Å². The molecule has 0 fully saturated rings. The Bertz CT molecular complexity index is 389. The van der Waals surface area contributed by atoms with E-state index in [9.17, 15) is 16.8 Å². The summed E-state index contributed by atoms with van der Waals surface area (Å²) in [7, 11) is -8.60. The van der Waals surface area contributed by atoms with Gasteiger partial charge in [0.15, 0.2) is 9.84 Å². The third-order valence-corrected chi connectivity index (χ3v) is 5.18. The molecule has 0 amide bonds. The fourth-order valence-electron chi connectivity index (χ4n) is 0.713. The third kappa shape index (κ3) is 3.29. The molecular formula is C6H10O5S2. The van der Waals surface area contributed by atoms with Crippen molar-refractivity contribution >= 4 is 20.0 Å². The number of hydrogen-bond donors (Lipinski definition) is 1. The lowest BCUT2D eigenvalue weighted by atomic mass is 10.7. The van der Waals surface area contributed by atoms with Crippen LogP contribution in [0.1, 0.15) is 0 Å². The molecule has 1 atom stereocenters. The van der Waals surface area contributed by atoms with E-state index in [4.69, 9.17) is 4.55 Å². The highest BCUT2D eigenvalue weighted by Crippen LogP contribution is 2.10. The van der Waals surface area contributed by atoms with Crippen LogP contribution in [0.25, 0.3) is 0 Å². The first-order valence-electron chi connectivity index (χ1n) is 3.17. The summed E-state index contributed by atoms with van der Waals surface area (Å²) in [5, 5.41) is 0. The summed E-state index contributed by atoms with van der Waals surface area (Å²) in [5.74, 6) is -0.524. The van der Waals surface area contributed by atoms with Crippen molar-refractivity contribution in [1.29, 1.82) is 0 Å². The maximum Gasteiger partial charge on any atom is 0.286 e. The van der Waals surface area contributed by atoms with E-state index >= 15 is 0 Å². The Morgan fingerprint density at radius 1 is 1.23 bits per heavy atom. The molecule has 0 heterocycles. The van der Waals surface area contributed by atoms with Crippen LogP contribution in [0.3, 0.4) is 0 Å². The molecule has 0 aliphatic heterocycles. The Morgan fingerprint density at radius 2 is 1.69 bits per heavy atom. The minimum absolute atomic E-state index is 0.524. The normalized spacial score (nSPS) is 14.8. The lowest BCUT2D eigenvalue weighted by molar-refractivity contribution is 0.482. The zero-order valence-corrected chi connectivity index (χ0v) is 8.38. The van der Waals surface area contributed by atoms with Crippen LogP contribution in [0.15, 0.2) is 25.3 Å². The van der Waals surface area contributed by atoms with Crippen molar-refractivity contribution < 1.29 is 21.4 Å². The molecule has 0 aliphatic carbocycles. The van der Waals surface area contributed by atoms with Crippen molar-refractivity contribution in [2.75, 3.05) is 5.75 Å². The van der Waals surface area contributed by atoms with Crippen LogP contribution in [0.4, 0.5) is 0 Å². The van der Waals surface area contributed by atoms with Gasteiger partial charge in [-0.25, -0.2) is 8.42 Å². The van der Waals surface area contributed by atoms with Crippen LogP contribution >= 0.6 is 0 Å². The Hall–Kier alpha value is -0.660. The molecule has 0 saturated heterocycles. The van der Waals surface area contributed by atoms with Gasteiger partial charge in [-0.3, -0.25) is 4.55 Å². The third-order valence-electron chi connectivity index (χ3n) is 1.19. The lowest BCUT2D eigenvalue weighted by Gasteiger charge is -2.07. The van der Waals surface area contributed by atoms with Gasteiger partial charge in [0.1, 0.15) is 0 Å². The second kappa shape index (κ2) is 4.03. The topological polar surface area (TPSA) is 88.5 Å². The van der Waals surface area contributed by atoms with Gasteiger partial charge in [0.2, 0.25) is 4.58 Å². The largest absolute Gasteiger partial charge is 0.286 e. The highest BCUT2D eigenvalue weighted by molar-refractivity contribution is 8.07. The Kier molecular flexibility index (Phi) is 3.83. The van der Waals surface area contributed by atoms with E-state index in [1.165, 1.54) is 0 Å². The van der Waals surface area contributed by atoms with Crippen LogP contribution in [-0.4, -0.2) is 31.7 Å². The molecule has 1 unspecified atom stereocenters. The fourth-order valence-corrected chi connectivity index (χ4v) is 3.49. The van der Waals surface area contributed by atoms with Crippen LogP contribution < -0.4 is 0 Å². The predicted molar refractivity (Wildman–Crippen MR) is 49.5 cm³/mol. The molecule has 0 rings (SSSR count). The summed E-state index contributed by atoms with van der Waals surface area (Å²) in [4.78, 5) is 0. The monoisotopic (exact) mass is 226 g/mol. The summed E-state index contributed by atoms with van der Waals surface area (Å²) in [5.41, 5.74) is 0. The maximum absolute atomic E-state index is 11.1. The van der Waals surface area contributed by atoms with Gasteiger partial charge < -0.3 is 0 Å². The molecule has 76 valence electrons. The fraction of sp³-hybridized carbons (Fsp3) is 0.333. The van der Waals surface area contributed by atoms with Crippen molar-refractivity contribution in [3.05, 3.63) is 25.3 Å². The number of rotatable bonds is 5. The van der Waals surface area contributed by atoms with Gasteiger partial charge in [-0.2, -0.15) is 8.42 Å². The molecule has 0 bridgehead atoms. The molecule has 0 spiro atoms. The molecule has 1 N–H and O–H groups in total. The first kappa shape index (κ1) is 12.3. The predicted octanol–water partition coefficient (Wildman–Crippen LogP) is -0.0129. The summed E-state index contributed by atoms with van der Waals surface area (Å²) in [6.07, 6.45) is 1.70. The Balaban J connectivity index is 5.25. The standard InChI is InChI=1S/C6H10O5S2/c1-3-5-12(7,8)6(4-2)13(9,10)11/h3-4,6H,1-2,5H2,(H,9,10,11). The number of hydrogen-bond acceptors (Lipinski definition) is 4. The van der Waals surface area contributed by atoms with E-state index in [1.54, 1.807) is 0 Å². The quantitative estimate of drug-likeness (QED) is 0.526. The average Bonchev–Trinajstić information content (AvgIpc) is 1.83. The van der Waals surface area contributed by atoms with E-state index < -0.39 is 30.3 Å². The van der Waals surface area contributed by atoms with E-state index in [-0.39, 0.29) is 0 Å².